The third kappa shape index (κ3) is 3.97. The van der Waals surface area contributed by atoms with Crippen LogP contribution in [0.2, 0.25) is 0 Å². The molecular formula is C15H21N5O3. The molecule has 0 saturated carbocycles. The number of carboxylic acid groups (broad SMARTS) is 1. The van der Waals surface area contributed by atoms with Gasteiger partial charge in [-0.3, -0.25) is 14.6 Å². The summed E-state index contributed by atoms with van der Waals surface area (Å²) in [5.41, 5.74) is 1.57. The lowest BCUT2D eigenvalue weighted by Gasteiger charge is -2.13. The largest absolute Gasteiger partial charge is 0.480 e. The number of hydrogen-bond acceptors (Lipinski definition) is 4. The summed E-state index contributed by atoms with van der Waals surface area (Å²) in [6.45, 7) is 4.65. The summed E-state index contributed by atoms with van der Waals surface area (Å²) in [6.07, 6.45) is 6.84. The molecule has 0 aromatic carbocycles. The number of aromatic nitrogens is 4. The number of carboxylic acids is 1. The van der Waals surface area contributed by atoms with E-state index < -0.39 is 17.9 Å². The van der Waals surface area contributed by atoms with Gasteiger partial charge in [0.2, 0.25) is 0 Å². The molecule has 0 aliphatic rings. The highest BCUT2D eigenvalue weighted by Gasteiger charge is 2.23. The van der Waals surface area contributed by atoms with Crippen LogP contribution in [0, 0.1) is 0 Å². The van der Waals surface area contributed by atoms with Crippen molar-refractivity contribution in [2.75, 3.05) is 0 Å². The molecule has 2 rings (SSSR count). The molecular weight excluding hydrogens is 298 g/mol. The quantitative estimate of drug-likeness (QED) is 0.685. The van der Waals surface area contributed by atoms with Crippen LogP contribution in [0.25, 0.3) is 11.3 Å². The van der Waals surface area contributed by atoms with Gasteiger partial charge in [0.25, 0.3) is 5.91 Å². The van der Waals surface area contributed by atoms with Crippen molar-refractivity contribution in [3.05, 3.63) is 24.2 Å². The Morgan fingerprint density at radius 3 is 2.78 bits per heavy atom. The zero-order chi connectivity index (χ0) is 16.8. The summed E-state index contributed by atoms with van der Waals surface area (Å²) < 4.78 is 1.74. The molecule has 124 valence electrons. The first-order valence-corrected chi connectivity index (χ1v) is 7.66. The molecule has 0 bridgehead atoms. The molecule has 0 aliphatic heterocycles. The zero-order valence-electron chi connectivity index (χ0n) is 13.2. The molecule has 0 radical (unpaired) electrons. The van der Waals surface area contributed by atoms with E-state index in [1.54, 1.807) is 17.1 Å². The molecule has 2 aromatic heterocycles. The minimum absolute atomic E-state index is 0.309. The van der Waals surface area contributed by atoms with E-state index in [0.29, 0.717) is 24.2 Å². The first-order chi connectivity index (χ1) is 11.1. The molecule has 2 heterocycles. The molecule has 0 saturated heterocycles. The molecule has 1 atom stereocenters. The van der Waals surface area contributed by atoms with E-state index in [1.807, 2.05) is 13.8 Å². The lowest BCUT2D eigenvalue weighted by Crippen LogP contribution is -2.40. The van der Waals surface area contributed by atoms with Crippen molar-refractivity contribution in [1.29, 1.82) is 0 Å². The van der Waals surface area contributed by atoms with Crippen molar-refractivity contribution in [3.8, 4) is 11.3 Å². The summed E-state index contributed by atoms with van der Waals surface area (Å²) in [7, 11) is 0. The SMILES string of the molecule is CCCCC(NC(=O)c1cn[nH]c1-c1cnn(CC)c1)C(=O)O. The van der Waals surface area contributed by atoms with Crippen LogP contribution < -0.4 is 5.32 Å². The van der Waals surface area contributed by atoms with Gasteiger partial charge < -0.3 is 10.4 Å². The lowest BCUT2D eigenvalue weighted by molar-refractivity contribution is -0.139. The maximum atomic E-state index is 12.4. The zero-order valence-corrected chi connectivity index (χ0v) is 13.2. The van der Waals surface area contributed by atoms with Crippen molar-refractivity contribution in [2.45, 2.75) is 45.7 Å². The highest BCUT2D eigenvalue weighted by atomic mass is 16.4. The van der Waals surface area contributed by atoms with Gasteiger partial charge in [0.1, 0.15) is 6.04 Å². The predicted octanol–water partition coefficient (Wildman–Crippen LogP) is 1.67. The Hall–Kier alpha value is -2.64. The monoisotopic (exact) mass is 319 g/mol. The standard InChI is InChI=1S/C15H21N5O3/c1-3-5-6-12(15(22)23)18-14(21)11-8-16-19-13(11)10-7-17-20(4-2)9-10/h7-9,12H,3-6H2,1-2H3,(H,16,19)(H,18,21)(H,22,23). The van der Waals surface area contributed by atoms with Gasteiger partial charge in [0.15, 0.2) is 0 Å². The summed E-state index contributed by atoms with van der Waals surface area (Å²) >= 11 is 0. The van der Waals surface area contributed by atoms with Crippen molar-refractivity contribution in [3.63, 3.8) is 0 Å². The van der Waals surface area contributed by atoms with Gasteiger partial charge >= 0.3 is 5.97 Å². The summed E-state index contributed by atoms with van der Waals surface area (Å²) in [5.74, 6) is -1.49. The fourth-order valence-corrected chi connectivity index (χ4v) is 2.25. The van der Waals surface area contributed by atoms with Crippen molar-refractivity contribution < 1.29 is 14.7 Å². The number of carbonyl (C=O) groups is 2. The fourth-order valence-electron chi connectivity index (χ4n) is 2.25. The number of unbranched alkanes of at least 4 members (excludes halogenated alkanes) is 1. The van der Waals surface area contributed by atoms with E-state index in [0.717, 1.165) is 18.4 Å². The normalized spacial score (nSPS) is 12.1. The lowest BCUT2D eigenvalue weighted by atomic mass is 10.1. The third-order valence-electron chi connectivity index (χ3n) is 3.58. The summed E-state index contributed by atoms with van der Waals surface area (Å²) in [5, 5.41) is 22.6. The number of nitrogens with one attached hydrogen (secondary N) is 2. The molecule has 8 nitrogen and oxygen atoms in total. The van der Waals surface area contributed by atoms with Crippen LogP contribution >= 0.6 is 0 Å². The van der Waals surface area contributed by atoms with E-state index in [4.69, 9.17) is 0 Å². The van der Waals surface area contributed by atoms with Gasteiger partial charge in [-0.05, 0) is 13.3 Å². The van der Waals surface area contributed by atoms with E-state index in [2.05, 4.69) is 20.6 Å². The van der Waals surface area contributed by atoms with Gasteiger partial charge in [0.05, 0.1) is 23.7 Å². The Morgan fingerprint density at radius 2 is 2.17 bits per heavy atom. The van der Waals surface area contributed by atoms with Crippen molar-refractivity contribution >= 4 is 11.9 Å². The smallest absolute Gasteiger partial charge is 0.326 e. The van der Waals surface area contributed by atoms with Crippen molar-refractivity contribution in [1.82, 2.24) is 25.3 Å². The Kier molecular flexibility index (Phi) is 5.51. The number of hydrogen-bond donors (Lipinski definition) is 3. The van der Waals surface area contributed by atoms with Crippen LogP contribution in [0.15, 0.2) is 18.6 Å². The summed E-state index contributed by atoms with van der Waals surface area (Å²) in [6, 6.07) is -0.899. The Bertz CT molecular complexity index is 676. The maximum absolute atomic E-state index is 12.4. The van der Waals surface area contributed by atoms with Crippen LogP contribution in [-0.2, 0) is 11.3 Å². The Balaban J connectivity index is 2.16. The van der Waals surface area contributed by atoms with Crippen LogP contribution in [-0.4, -0.2) is 43.0 Å². The highest BCUT2D eigenvalue weighted by Crippen LogP contribution is 2.20. The molecule has 0 aliphatic carbocycles. The van der Waals surface area contributed by atoms with E-state index >= 15 is 0 Å². The average molecular weight is 319 g/mol. The Labute approximate surface area is 133 Å². The van der Waals surface area contributed by atoms with E-state index in [9.17, 15) is 14.7 Å². The van der Waals surface area contributed by atoms with Crippen LogP contribution in [0.1, 0.15) is 43.5 Å². The van der Waals surface area contributed by atoms with Crippen LogP contribution in [0.3, 0.4) is 0 Å². The Morgan fingerprint density at radius 1 is 1.39 bits per heavy atom. The second kappa shape index (κ2) is 7.57. The molecule has 3 N–H and O–H groups in total. The molecule has 1 amide bonds. The molecule has 0 fully saturated rings. The molecule has 0 spiro atoms. The molecule has 1 unspecified atom stereocenters. The molecule has 23 heavy (non-hydrogen) atoms. The van der Waals surface area contributed by atoms with Gasteiger partial charge in [-0.15, -0.1) is 0 Å². The number of aromatic amines is 1. The second-order valence-electron chi connectivity index (χ2n) is 5.25. The third-order valence-corrected chi connectivity index (χ3v) is 3.58. The van der Waals surface area contributed by atoms with Crippen LogP contribution in [0.4, 0.5) is 0 Å². The number of carbonyl (C=O) groups excluding carboxylic acids is 1. The first kappa shape index (κ1) is 16.7. The minimum atomic E-state index is -1.03. The number of aliphatic carboxylic acids is 1. The predicted molar refractivity (Wildman–Crippen MR) is 83.9 cm³/mol. The minimum Gasteiger partial charge on any atom is -0.480 e. The number of amides is 1. The van der Waals surface area contributed by atoms with Crippen molar-refractivity contribution in [2.24, 2.45) is 0 Å². The average Bonchev–Trinajstić information content (AvgIpc) is 3.18. The highest BCUT2D eigenvalue weighted by molar-refractivity contribution is 6.01. The topological polar surface area (TPSA) is 113 Å². The van der Waals surface area contributed by atoms with Gasteiger partial charge in [-0.25, -0.2) is 4.79 Å². The van der Waals surface area contributed by atoms with Gasteiger partial charge in [-0.1, -0.05) is 19.8 Å². The van der Waals surface area contributed by atoms with Crippen LogP contribution in [0.5, 0.6) is 0 Å². The molecule has 2 aromatic rings. The summed E-state index contributed by atoms with van der Waals surface area (Å²) in [4.78, 5) is 23.6. The maximum Gasteiger partial charge on any atom is 0.326 e. The van der Waals surface area contributed by atoms with E-state index in [1.165, 1.54) is 6.20 Å². The number of aryl methyl sites for hydroxylation is 1. The van der Waals surface area contributed by atoms with Gasteiger partial charge in [0, 0.05) is 18.3 Å². The first-order valence-electron chi connectivity index (χ1n) is 7.66. The number of H-pyrrole nitrogens is 1. The number of rotatable bonds is 8. The fraction of sp³-hybridized carbons (Fsp3) is 0.467. The van der Waals surface area contributed by atoms with E-state index in [-0.39, 0.29) is 0 Å². The second-order valence-corrected chi connectivity index (χ2v) is 5.25. The molecule has 8 heteroatoms. The number of nitrogens with zero attached hydrogens (tertiary/aromatic N) is 3. The van der Waals surface area contributed by atoms with Gasteiger partial charge in [-0.2, -0.15) is 10.2 Å².